The average Bonchev–Trinajstić information content (AvgIpc) is 1.89. The summed E-state index contributed by atoms with van der Waals surface area (Å²) in [5.74, 6) is 0. The summed E-state index contributed by atoms with van der Waals surface area (Å²) in [5.41, 5.74) is 0. The predicted molar refractivity (Wildman–Crippen MR) is 49.4 cm³/mol. The summed E-state index contributed by atoms with van der Waals surface area (Å²) in [6.45, 7) is 6.89. The maximum Gasteiger partial charge on any atom is -0.00219 e. The van der Waals surface area contributed by atoms with Crippen LogP contribution in [0.5, 0.6) is 0 Å². The van der Waals surface area contributed by atoms with Crippen LogP contribution in [-0.4, -0.2) is 25.0 Å². The average molecular weight is 145 g/mol. The molecule has 0 rings (SSSR count). The van der Waals surface area contributed by atoms with Gasteiger partial charge < -0.3 is 4.90 Å². The smallest absolute Gasteiger partial charge is 0.00219 e. The van der Waals surface area contributed by atoms with Crippen molar-refractivity contribution in [2.24, 2.45) is 0 Å². The first-order chi connectivity index (χ1) is 4.31. The van der Waals surface area contributed by atoms with E-state index in [2.05, 4.69) is 25.8 Å². The zero-order valence-electron chi connectivity index (χ0n) is 6.98. The molecule has 64 valence electrons. The van der Waals surface area contributed by atoms with Crippen LogP contribution >= 0.6 is 0 Å². The molecule has 0 N–H and O–H groups in total. The van der Waals surface area contributed by atoms with Crippen LogP contribution in [0.2, 0.25) is 0 Å². The third kappa shape index (κ3) is 7.96. The fourth-order valence-electron chi connectivity index (χ4n) is 0.790. The van der Waals surface area contributed by atoms with Crippen molar-refractivity contribution in [3.63, 3.8) is 0 Å². The van der Waals surface area contributed by atoms with Gasteiger partial charge in [-0.15, -0.1) is 0 Å². The number of hydrogen-bond acceptors (Lipinski definition) is 1. The van der Waals surface area contributed by atoms with Crippen molar-refractivity contribution in [3.05, 3.63) is 0 Å². The minimum absolute atomic E-state index is 0. The SMILES string of the molecule is C.CCCCCN(C)CC. The molecule has 1 heteroatoms. The number of nitrogens with zero attached hydrogens (tertiary/aromatic N) is 1. The topological polar surface area (TPSA) is 3.24 Å². The molecule has 0 radical (unpaired) electrons. The van der Waals surface area contributed by atoms with E-state index in [1.54, 1.807) is 0 Å². The molecule has 0 atom stereocenters. The Labute approximate surface area is 66.4 Å². The van der Waals surface area contributed by atoms with Crippen LogP contribution in [0.3, 0.4) is 0 Å². The molecule has 10 heavy (non-hydrogen) atoms. The number of hydrogen-bond donors (Lipinski definition) is 0. The van der Waals surface area contributed by atoms with Crippen LogP contribution in [0, 0.1) is 0 Å². The Balaban J connectivity index is 0. The Hall–Kier alpha value is -0.0400. The zero-order chi connectivity index (χ0) is 7.11. The first kappa shape index (κ1) is 12.6. The molecule has 0 aromatic heterocycles. The first-order valence-corrected chi connectivity index (χ1v) is 3.99. The van der Waals surface area contributed by atoms with Gasteiger partial charge in [-0.05, 0) is 26.6 Å². The van der Waals surface area contributed by atoms with E-state index < -0.39 is 0 Å². The summed E-state index contributed by atoms with van der Waals surface area (Å²) in [6, 6.07) is 0. The summed E-state index contributed by atoms with van der Waals surface area (Å²) in [7, 11) is 2.18. The van der Waals surface area contributed by atoms with E-state index in [4.69, 9.17) is 0 Å². The molecular formula is C9H23N. The lowest BCUT2D eigenvalue weighted by atomic mass is 10.2. The summed E-state index contributed by atoms with van der Waals surface area (Å²) < 4.78 is 0. The molecule has 1 nitrogen and oxygen atoms in total. The van der Waals surface area contributed by atoms with Gasteiger partial charge in [0.15, 0.2) is 0 Å². The molecule has 0 amide bonds. The minimum atomic E-state index is 0. The number of rotatable bonds is 5. The normalized spacial score (nSPS) is 9.60. The Bertz CT molecular complexity index is 52.7. The summed E-state index contributed by atoms with van der Waals surface area (Å²) in [4.78, 5) is 2.36. The maximum absolute atomic E-state index is 2.36. The van der Waals surface area contributed by atoms with Crippen molar-refractivity contribution in [1.29, 1.82) is 0 Å². The third-order valence-electron chi connectivity index (χ3n) is 1.68. The van der Waals surface area contributed by atoms with Gasteiger partial charge >= 0.3 is 0 Å². The third-order valence-corrected chi connectivity index (χ3v) is 1.68. The Morgan fingerprint density at radius 2 is 1.70 bits per heavy atom. The number of unbranched alkanes of at least 4 members (excludes halogenated alkanes) is 2. The Morgan fingerprint density at radius 1 is 1.10 bits per heavy atom. The fourth-order valence-corrected chi connectivity index (χ4v) is 0.790. The zero-order valence-corrected chi connectivity index (χ0v) is 6.98. The highest BCUT2D eigenvalue weighted by atomic mass is 15.1. The van der Waals surface area contributed by atoms with Crippen molar-refractivity contribution in [2.75, 3.05) is 20.1 Å². The maximum atomic E-state index is 2.36. The van der Waals surface area contributed by atoms with Crippen LogP contribution in [0.4, 0.5) is 0 Å². The van der Waals surface area contributed by atoms with Crippen molar-refractivity contribution in [1.82, 2.24) is 4.90 Å². The second-order valence-electron chi connectivity index (χ2n) is 2.60. The van der Waals surface area contributed by atoms with Gasteiger partial charge in [0, 0.05) is 0 Å². The van der Waals surface area contributed by atoms with Crippen LogP contribution in [-0.2, 0) is 0 Å². The quantitative estimate of drug-likeness (QED) is 0.538. The standard InChI is InChI=1S/C8H19N.CH4/c1-4-6-7-8-9(3)5-2;/h4-8H2,1-3H3;1H4. The second kappa shape index (κ2) is 8.96. The molecular weight excluding hydrogens is 122 g/mol. The van der Waals surface area contributed by atoms with E-state index in [1.165, 1.54) is 32.4 Å². The largest absolute Gasteiger partial charge is 0.307 e. The van der Waals surface area contributed by atoms with Crippen LogP contribution in [0.15, 0.2) is 0 Å². The molecule has 0 saturated heterocycles. The molecule has 0 aromatic rings. The van der Waals surface area contributed by atoms with E-state index in [1.807, 2.05) is 0 Å². The summed E-state index contributed by atoms with van der Waals surface area (Å²) in [5, 5.41) is 0. The van der Waals surface area contributed by atoms with Gasteiger partial charge in [-0.1, -0.05) is 34.1 Å². The fraction of sp³-hybridized carbons (Fsp3) is 1.00. The van der Waals surface area contributed by atoms with Crippen molar-refractivity contribution < 1.29 is 0 Å². The molecule has 0 unspecified atom stereocenters. The van der Waals surface area contributed by atoms with E-state index in [0.717, 1.165) is 0 Å². The molecule has 0 fully saturated rings. The highest BCUT2D eigenvalue weighted by Crippen LogP contribution is 1.94. The molecule has 0 aliphatic carbocycles. The Kier molecular flexibility index (Phi) is 11.3. The highest BCUT2D eigenvalue weighted by molar-refractivity contribution is 4.46. The second-order valence-corrected chi connectivity index (χ2v) is 2.60. The Morgan fingerprint density at radius 3 is 2.10 bits per heavy atom. The molecule has 0 aromatic carbocycles. The van der Waals surface area contributed by atoms with Gasteiger partial charge in [-0.2, -0.15) is 0 Å². The molecule has 0 spiro atoms. The van der Waals surface area contributed by atoms with E-state index in [-0.39, 0.29) is 7.43 Å². The lowest BCUT2D eigenvalue weighted by Gasteiger charge is -2.12. The van der Waals surface area contributed by atoms with Gasteiger partial charge in [0.2, 0.25) is 0 Å². The van der Waals surface area contributed by atoms with Crippen LogP contribution in [0.25, 0.3) is 0 Å². The molecule has 0 bridgehead atoms. The summed E-state index contributed by atoms with van der Waals surface area (Å²) >= 11 is 0. The predicted octanol–water partition coefficient (Wildman–Crippen LogP) is 2.76. The van der Waals surface area contributed by atoms with Gasteiger partial charge in [-0.25, -0.2) is 0 Å². The van der Waals surface area contributed by atoms with E-state index in [0.29, 0.717) is 0 Å². The van der Waals surface area contributed by atoms with Gasteiger partial charge in [-0.3, -0.25) is 0 Å². The molecule has 0 saturated carbocycles. The summed E-state index contributed by atoms with van der Waals surface area (Å²) in [6.07, 6.45) is 4.07. The van der Waals surface area contributed by atoms with Crippen LogP contribution < -0.4 is 0 Å². The monoisotopic (exact) mass is 145 g/mol. The van der Waals surface area contributed by atoms with Gasteiger partial charge in [0.1, 0.15) is 0 Å². The highest BCUT2D eigenvalue weighted by Gasteiger charge is 1.91. The minimum Gasteiger partial charge on any atom is -0.307 e. The molecule has 0 aliphatic rings. The first-order valence-electron chi connectivity index (χ1n) is 3.99. The van der Waals surface area contributed by atoms with Gasteiger partial charge in [0.05, 0.1) is 0 Å². The lowest BCUT2D eigenvalue weighted by Crippen LogP contribution is -2.18. The van der Waals surface area contributed by atoms with E-state index >= 15 is 0 Å². The van der Waals surface area contributed by atoms with E-state index in [9.17, 15) is 0 Å². The van der Waals surface area contributed by atoms with Crippen molar-refractivity contribution in [2.45, 2.75) is 40.5 Å². The lowest BCUT2D eigenvalue weighted by molar-refractivity contribution is 0.343. The molecule has 0 aliphatic heterocycles. The van der Waals surface area contributed by atoms with Crippen LogP contribution in [0.1, 0.15) is 40.5 Å². The van der Waals surface area contributed by atoms with Gasteiger partial charge in [0.25, 0.3) is 0 Å². The van der Waals surface area contributed by atoms with Crippen molar-refractivity contribution >= 4 is 0 Å². The molecule has 0 heterocycles. The van der Waals surface area contributed by atoms with Crippen molar-refractivity contribution in [3.8, 4) is 0 Å².